The first-order valence-electron chi connectivity index (χ1n) is 11.5. The molecule has 0 saturated heterocycles. The minimum atomic E-state index is -4.75. The lowest BCUT2D eigenvalue weighted by Gasteiger charge is -2.17. The van der Waals surface area contributed by atoms with E-state index in [1.807, 2.05) is 37.3 Å². The second kappa shape index (κ2) is 11.2. The SMILES string of the molecule is C=N/C(=C(/NC(=O)C1=C(C(F)(F)F)CC(c2ccc(C)cc2)O1)OCc1ccccc1)c1ccccc1. The van der Waals surface area contributed by atoms with E-state index in [2.05, 4.69) is 17.0 Å². The van der Waals surface area contributed by atoms with Crippen molar-refractivity contribution in [3.8, 4) is 0 Å². The predicted molar refractivity (Wildman–Crippen MR) is 135 cm³/mol. The molecule has 0 saturated carbocycles. The quantitative estimate of drug-likeness (QED) is 0.276. The summed E-state index contributed by atoms with van der Waals surface area (Å²) in [7, 11) is 0. The van der Waals surface area contributed by atoms with Gasteiger partial charge in [0.25, 0.3) is 5.91 Å². The van der Waals surface area contributed by atoms with Crippen LogP contribution in [0.2, 0.25) is 0 Å². The average Bonchev–Trinajstić information content (AvgIpc) is 3.36. The van der Waals surface area contributed by atoms with Crippen molar-refractivity contribution in [2.75, 3.05) is 0 Å². The highest BCUT2D eigenvalue weighted by Crippen LogP contribution is 2.44. The van der Waals surface area contributed by atoms with E-state index >= 15 is 0 Å². The molecular formula is C29H25F3N2O3. The lowest BCUT2D eigenvalue weighted by Crippen LogP contribution is -2.29. The Bertz CT molecular complexity index is 1320. The lowest BCUT2D eigenvalue weighted by molar-refractivity contribution is -0.123. The maximum atomic E-state index is 13.9. The molecule has 3 aromatic rings. The summed E-state index contributed by atoms with van der Waals surface area (Å²) in [5.41, 5.74) is 1.99. The van der Waals surface area contributed by atoms with Crippen molar-refractivity contribution in [1.29, 1.82) is 0 Å². The van der Waals surface area contributed by atoms with Crippen LogP contribution in [0.3, 0.4) is 0 Å². The van der Waals surface area contributed by atoms with E-state index in [1.54, 1.807) is 54.6 Å². The molecule has 0 bridgehead atoms. The summed E-state index contributed by atoms with van der Waals surface area (Å²) in [6.07, 6.45) is -6.17. The number of hydrogen-bond donors (Lipinski definition) is 1. The van der Waals surface area contributed by atoms with Crippen molar-refractivity contribution in [3.63, 3.8) is 0 Å². The third-order valence-corrected chi connectivity index (χ3v) is 5.79. The maximum Gasteiger partial charge on any atom is 0.416 e. The lowest BCUT2D eigenvalue weighted by atomic mass is 10.0. The first-order chi connectivity index (χ1) is 17.8. The number of nitrogens with zero attached hydrogens (tertiary/aromatic N) is 1. The molecule has 5 nitrogen and oxygen atoms in total. The van der Waals surface area contributed by atoms with Crippen LogP contribution in [0.4, 0.5) is 13.2 Å². The van der Waals surface area contributed by atoms with Crippen molar-refractivity contribution in [3.05, 3.63) is 124 Å². The fourth-order valence-electron chi connectivity index (χ4n) is 3.88. The summed E-state index contributed by atoms with van der Waals surface area (Å²) in [6.45, 7) is 5.48. The Morgan fingerprint density at radius 1 is 1.03 bits per heavy atom. The molecule has 1 atom stereocenters. The first-order valence-corrected chi connectivity index (χ1v) is 11.5. The van der Waals surface area contributed by atoms with E-state index in [-0.39, 0.29) is 18.2 Å². The van der Waals surface area contributed by atoms with Crippen LogP contribution in [-0.4, -0.2) is 18.8 Å². The highest BCUT2D eigenvalue weighted by atomic mass is 19.4. The molecule has 0 aliphatic carbocycles. The molecule has 4 rings (SSSR count). The summed E-state index contributed by atoms with van der Waals surface area (Å²) < 4.78 is 53.3. The summed E-state index contributed by atoms with van der Waals surface area (Å²) in [5, 5.41) is 2.46. The number of aryl methyl sites for hydroxylation is 1. The predicted octanol–water partition coefficient (Wildman–Crippen LogP) is 6.63. The highest BCUT2D eigenvalue weighted by Gasteiger charge is 2.46. The van der Waals surface area contributed by atoms with E-state index in [0.29, 0.717) is 11.1 Å². The normalized spacial score (nSPS) is 16.1. The van der Waals surface area contributed by atoms with Gasteiger partial charge in [-0.2, -0.15) is 13.2 Å². The molecule has 0 spiro atoms. The zero-order valence-corrected chi connectivity index (χ0v) is 20.1. The van der Waals surface area contributed by atoms with Gasteiger partial charge in [0.2, 0.25) is 5.88 Å². The minimum Gasteiger partial charge on any atom is -0.479 e. The van der Waals surface area contributed by atoms with Gasteiger partial charge in [0.05, 0.1) is 5.57 Å². The van der Waals surface area contributed by atoms with Crippen LogP contribution in [-0.2, 0) is 20.9 Å². The average molecular weight is 507 g/mol. The van der Waals surface area contributed by atoms with Crippen molar-refractivity contribution >= 4 is 18.3 Å². The van der Waals surface area contributed by atoms with Crippen molar-refractivity contribution in [2.45, 2.75) is 32.2 Å². The van der Waals surface area contributed by atoms with Crippen LogP contribution in [0, 0.1) is 6.92 Å². The Morgan fingerprint density at radius 3 is 2.24 bits per heavy atom. The summed E-state index contributed by atoms with van der Waals surface area (Å²) in [5.74, 6) is -2.01. The number of carbonyl (C=O) groups excluding carboxylic acids is 1. The van der Waals surface area contributed by atoms with Crippen LogP contribution >= 0.6 is 0 Å². The van der Waals surface area contributed by atoms with E-state index in [1.165, 1.54) is 0 Å². The van der Waals surface area contributed by atoms with Gasteiger partial charge in [0.1, 0.15) is 18.4 Å². The number of amides is 1. The molecule has 1 N–H and O–H groups in total. The van der Waals surface area contributed by atoms with Crippen molar-refractivity contribution < 1.29 is 27.4 Å². The number of ether oxygens (including phenoxy) is 2. The standard InChI is InChI=1S/C29H25F3N2O3/c1-19-13-15-21(16-14-19)24-17-23(29(30,31)32)26(37-24)27(35)34-28(36-18-20-9-5-3-6-10-20)25(33-2)22-11-7-4-8-12-22/h3-16,24H,2,17-18H2,1H3,(H,34,35)/b28-25-. The van der Waals surface area contributed by atoms with E-state index in [4.69, 9.17) is 9.47 Å². The molecule has 0 aromatic heterocycles. The number of alkyl halides is 3. The molecule has 3 aromatic carbocycles. The van der Waals surface area contributed by atoms with Gasteiger partial charge in [0, 0.05) is 12.0 Å². The van der Waals surface area contributed by atoms with Gasteiger partial charge in [-0.25, -0.2) is 0 Å². The number of benzene rings is 3. The van der Waals surface area contributed by atoms with Gasteiger partial charge < -0.3 is 9.47 Å². The Morgan fingerprint density at radius 2 is 1.65 bits per heavy atom. The maximum absolute atomic E-state index is 13.9. The summed E-state index contributed by atoms with van der Waals surface area (Å²) in [4.78, 5) is 17.2. The van der Waals surface area contributed by atoms with Gasteiger partial charge in [-0.1, -0.05) is 90.5 Å². The summed E-state index contributed by atoms with van der Waals surface area (Å²) >= 11 is 0. The van der Waals surface area contributed by atoms with Gasteiger partial charge in [0.15, 0.2) is 5.76 Å². The number of rotatable bonds is 8. The second-order valence-corrected chi connectivity index (χ2v) is 8.46. The molecule has 0 fully saturated rings. The van der Waals surface area contributed by atoms with Crippen molar-refractivity contribution in [2.24, 2.45) is 4.99 Å². The minimum absolute atomic E-state index is 0.0420. The molecule has 1 heterocycles. The fourth-order valence-corrected chi connectivity index (χ4v) is 3.88. The fraction of sp³-hybridized carbons (Fsp3) is 0.172. The molecule has 37 heavy (non-hydrogen) atoms. The zero-order chi connectivity index (χ0) is 26.4. The van der Waals surface area contributed by atoms with E-state index in [0.717, 1.165) is 11.1 Å². The van der Waals surface area contributed by atoms with Gasteiger partial charge in [-0.05, 0) is 24.8 Å². The number of carbonyl (C=O) groups is 1. The molecule has 1 aliphatic rings. The number of halogens is 3. The Kier molecular flexibility index (Phi) is 7.77. The van der Waals surface area contributed by atoms with Gasteiger partial charge >= 0.3 is 6.18 Å². The Hall–Kier alpha value is -4.33. The molecule has 8 heteroatoms. The largest absolute Gasteiger partial charge is 0.479 e. The third kappa shape index (κ3) is 6.27. The summed E-state index contributed by atoms with van der Waals surface area (Å²) in [6, 6.07) is 24.8. The third-order valence-electron chi connectivity index (χ3n) is 5.79. The molecule has 1 aliphatic heterocycles. The number of aliphatic imine (C=N–C) groups is 1. The number of hydrogen-bond acceptors (Lipinski definition) is 4. The van der Waals surface area contributed by atoms with E-state index < -0.39 is 35.9 Å². The van der Waals surface area contributed by atoms with Crippen LogP contribution in [0.15, 0.2) is 107 Å². The molecule has 190 valence electrons. The highest BCUT2D eigenvalue weighted by molar-refractivity contribution is 5.95. The molecule has 1 amide bonds. The first kappa shape index (κ1) is 25.8. The van der Waals surface area contributed by atoms with Crippen LogP contribution < -0.4 is 5.32 Å². The van der Waals surface area contributed by atoms with Crippen molar-refractivity contribution in [1.82, 2.24) is 5.32 Å². The Balaban J connectivity index is 1.66. The van der Waals surface area contributed by atoms with Gasteiger partial charge in [-0.15, -0.1) is 0 Å². The monoisotopic (exact) mass is 506 g/mol. The molecular weight excluding hydrogens is 481 g/mol. The smallest absolute Gasteiger partial charge is 0.416 e. The molecule has 0 radical (unpaired) electrons. The number of nitrogens with one attached hydrogen (secondary N) is 1. The topological polar surface area (TPSA) is 59.9 Å². The van der Waals surface area contributed by atoms with E-state index in [9.17, 15) is 18.0 Å². The Labute approximate surface area is 213 Å². The zero-order valence-electron chi connectivity index (χ0n) is 20.1. The van der Waals surface area contributed by atoms with Crippen LogP contribution in [0.25, 0.3) is 5.70 Å². The molecule has 1 unspecified atom stereocenters. The second-order valence-electron chi connectivity index (χ2n) is 8.46. The van der Waals surface area contributed by atoms with Crippen LogP contribution in [0.5, 0.6) is 0 Å². The van der Waals surface area contributed by atoms with Gasteiger partial charge in [-0.3, -0.25) is 15.1 Å². The van der Waals surface area contributed by atoms with Crippen LogP contribution in [0.1, 0.15) is 34.8 Å².